The van der Waals surface area contributed by atoms with Crippen LogP contribution in [0.2, 0.25) is 0 Å². The van der Waals surface area contributed by atoms with E-state index in [1.165, 1.54) is 35.1 Å². The van der Waals surface area contributed by atoms with E-state index in [2.05, 4.69) is 30.7 Å². The lowest BCUT2D eigenvalue weighted by Gasteiger charge is -2.04. The number of aromatic nitrogens is 3. The third-order valence-corrected chi connectivity index (χ3v) is 6.65. The highest BCUT2D eigenvalue weighted by Gasteiger charge is 2.20. The van der Waals surface area contributed by atoms with Gasteiger partial charge in [0.05, 0.1) is 28.2 Å². The predicted octanol–water partition coefficient (Wildman–Crippen LogP) is 4.85. The van der Waals surface area contributed by atoms with E-state index in [0.29, 0.717) is 17.8 Å². The maximum absolute atomic E-state index is 12.6. The smallest absolute Gasteiger partial charge is 0.260 e. The minimum Gasteiger partial charge on any atom is -0.319 e. The molecule has 1 aromatic carbocycles. The Morgan fingerprint density at radius 2 is 2.04 bits per heavy atom. The topological polar surface area (TPSA) is 59.8 Å². The van der Waals surface area contributed by atoms with E-state index >= 15 is 0 Å². The van der Waals surface area contributed by atoms with Gasteiger partial charge in [-0.15, -0.1) is 23.5 Å². The Bertz CT molecular complexity index is 854. The van der Waals surface area contributed by atoms with Gasteiger partial charge in [-0.25, -0.2) is 0 Å². The van der Waals surface area contributed by atoms with Crippen LogP contribution < -0.4 is 5.32 Å². The molecule has 2 heterocycles. The van der Waals surface area contributed by atoms with E-state index in [0.717, 1.165) is 19.3 Å². The SMILES string of the molecule is CSc1nsc(SC)c1C(=O)Nc1cnn(Cc2ccc(Br)cc2)c1. The molecule has 3 rings (SSSR count). The number of nitrogens with one attached hydrogen (secondary N) is 1. The van der Waals surface area contributed by atoms with Gasteiger partial charge in [0.2, 0.25) is 0 Å². The van der Waals surface area contributed by atoms with E-state index in [1.54, 1.807) is 10.9 Å². The molecule has 0 atom stereocenters. The number of hydrogen-bond donors (Lipinski definition) is 1. The molecule has 9 heteroatoms. The number of nitrogens with zero attached hydrogens (tertiary/aromatic N) is 3. The molecule has 1 N–H and O–H groups in total. The van der Waals surface area contributed by atoms with Gasteiger partial charge in [0.15, 0.2) is 0 Å². The van der Waals surface area contributed by atoms with Gasteiger partial charge < -0.3 is 5.32 Å². The van der Waals surface area contributed by atoms with Crippen molar-refractivity contribution in [2.75, 3.05) is 17.8 Å². The molecule has 0 radical (unpaired) electrons. The average molecular weight is 455 g/mol. The highest BCUT2D eigenvalue weighted by atomic mass is 79.9. The molecule has 0 saturated heterocycles. The molecule has 0 bridgehead atoms. The fourth-order valence-electron chi connectivity index (χ4n) is 2.22. The van der Waals surface area contributed by atoms with E-state index < -0.39 is 0 Å². The van der Waals surface area contributed by atoms with Crippen molar-refractivity contribution in [2.24, 2.45) is 0 Å². The van der Waals surface area contributed by atoms with Crippen molar-refractivity contribution in [1.82, 2.24) is 14.2 Å². The van der Waals surface area contributed by atoms with Gasteiger partial charge in [-0.2, -0.15) is 9.47 Å². The van der Waals surface area contributed by atoms with Crippen molar-refractivity contribution >= 4 is 62.6 Å². The summed E-state index contributed by atoms with van der Waals surface area (Å²) in [7, 11) is 0. The summed E-state index contributed by atoms with van der Waals surface area (Å²) in [5.74, 6) is -0.148. The average Bonchev–Trinajstić information content (AvgIpc) is 3.23. The highest BCUT2D eigenvalue weighted by molar-refractivity contribution is 9.10. The van der Waals surface area contributed by atoms with Gasteiger partial charge >= 0.3 is 0 Å². The fraction of sp³-hybridized carbons (Fsp3) is 0.188. The first-order valence-corrected chi connectivity index (χ1v) is 11.3. The lowest BCUT2D eigenvalue weighted by Crippen LogP contribution is -2.12. The second-order valence-electron chi connectivity index (χ2n) is 5.07. The van der Waals surface area contributed by atoms with Crippen molar-refractivity contribution < 1.29 is 4.79 Å². The summed E-state index contributed by atoms with van der Waals surface area (Å²) < 4.78 is 8.10. The lowest BCUT2D eigenvalue weighted by atomic mass is 10.2. The maximum atomic E-state index is 12.6. The standard InChI is InChI=1S/C16H15BrN4OS3/c1-23-15-13(16(24-2)25-20-15)14(22)19-12-7-18-21(9-12)8-10-3-5-11(17)6-4-10/h3-7,9H,8H2,1-2H3,(H,19,22). The molecular weight excluding hydrogens is 440 g/mol. The summed E-state index contributed by atoms with van der Waals surface area (Å²) in [5, 5.41) is 8.00. The molecule has 0 spiro atoms. The number of thioether (sulfide) groups is 2. The van der Waals surface area contributed by atoms with E-state index in [-0.39, 0.29) is 5.91 Å². The molecule has 0 aliphatic heterocycles. The molecule has 130 valence electrons. The second kappa shape index (κ2) is 8.39. The molecule has 0 aliphatic carbocycles. The van der Waals surface area contributed by atoms with Crippen molar-refractivity contribution in [3.05, 3.63) is 52.3 Å². The lowest BCUT2D eigenvalue weighted by molar-refractivity contribution is 0.102. The summed E-state index contributed by atoms with van der Waals surface area (Å²) in [6, 6.07) is 8.07. The van der Waals surface area contributed by atoms with Crippen LogP contribution in [0.5, 0.6) is 0 Å². The molecule has 0 unspecified atom stereocenters. The molecule has 0 aliphatic rings. The molecular formula is C16H15BrN4OS3. The second-order valence-corrected chi connectivity index (χ2v) is 8.62. The molecule has 3 aromatic rings. The zero-order valence-electron chi connectivity index (χ0n) is 13.5. The number of amides is 1. The Morgan fingerprint density at radius 3 is 2.72 bits per heavy atom. The maximum Gasteiger partial charge on any atom is 0.260 e. The summed E-state index contributed by atoms with van der Waals surface area (Å²) in [6.07, 6.45) is 7.36. The third-order valence-electron chi connectivity index (χ3n) is 3.38. The monoisotopic (exact) mass is 454 g/mol. The first-order chi connectivity index (χ1) is 12.1. The van der Waals surface area contributed by atoms with Gasteiger partial charge in [0.1, 0.15) is 5.03 Å². The Labute approximate surface area is 166 Å². The van der Waals surface area contributed by atoms with Gasteiger partial charge in [0.25, 0.3) is 5.91 Å². The normalized spacial score (nSPS) is 10.8. The van der Waals surface area contributed by atoms with Gasteiger partial charge in [0, 0.05) is 10.7 Å². The van der Waals surface area contributed by atoms with Crippen LogP contribution >= 0.6 is 51.0 Å². The van der Waals surface area contributed by atoms with E-state index in [9.17, 15) is 4.79 Å². The number of carbonyl (C=O) groups excluding carboxylic acids is 1. The minimum absolute atomic E-state index is 0.148. The number of benzene rings is 1. The summed E-state index contributed by atoms with van der Waals surface area (Å²) in [6.45, 7) is 0.648. The quantitative estimate of drug-likeness (QED) is 0.539. The molecule has 0 saturated carbocycles. The minimum atomic E-state index is -0.148. The third kappa shape index (κ3) is 4.46. The van der Waals surface area contributed by atoms with Crippen LogP contribution in [-0.2, 0) is 6.54 Å². The Morgan fingerprint density at radius 1 is 1.28 bits per heavy atom. The first kappa shape index (κ1) is 18.5. The predicted molar refractivity (Wildman–Crippen MR) is 109 cm³/mol. The van der Waals surface area contributed by atoms with E-state index in [1.807, 2.05) is 43.0 Å². The molecule has 0 fully saturated rings. The summed E-state index contributed by atoms with van der Waals surface area (Å²) >= 11 is 7.80. The number of halogens is 1. The van der Waals surface area contributed by atoms with Gasteiger partial charge in [-0.1, -0.05) is 28.1 Å². The summed E-state index contributed by atoms with van der Waals surface area (Å²) in [5.41, 5.74) is 2.46. The van der Waals surface area contributed by atoms with Crippen LogP contribution in [0.15, 0.2) is 50.4 Å². The summed E-state index contributed by atoms with van der Waals surface area (Å²) in [4.78, 5) is 12.6. The number of hydrogen-bond acceptors (Lipinski definition) is 6. The number of rotatable bonds is 6. The van der Waals surface area contributed by atoms with Gasteiger partial charge in [-0.05, 0) is 41.7 Å². The van der Waals surface area contributed by atoms with Crippen LogP contribution in [0.1, 0.15) is 15.9 Å². The largest absolute Gasteiger partial charge is 0.319 e. The van der Waals surface area contributed by atoms with Crippen molar-refractivity contribution in [3.8, 4) is 0 Å². The molecule has 2 aromatic heterocycles. The van der Waals surface area contributed by atoms with Crippen LogP contribution in [0.25, 0.3) is 0 Å². The number of carbonyl (C=O) groups is 1. The first-order valence-electron chi connectivity index (χ1n) is 7.26. The van der Waals surface area contributed by atoms with Gasteiger partial charge in [-0.3, -0.25) is 9.48 Å². The zero-order valence-corrected chi connectivity index (χ0v) is 17.6. The van der Waals surface area contributed by atoms with Crippen LogP contribution in [0, 0.1) is 0 Å². The Hall–Kier alpha value is -1.29. The molecule has 5 nitrogen and oxygen atoms in total. The zero-order chi connectivity index (χ0) is 17.8. The number of anilines is 1. The van der Waals surface area contributed by atoms with Crippen LogP contribution in [-0.4, -0.2) is 32.6 Å². The van der Waals surface area contributed by atoms with Crippen molar-refractivity contribution in [2.45, 2.75) is 15.8 Å². The highest BCUT2D eigenvalue weighted by Crippen LogP contribution is 2.33. The Kier molecular flexibility index (Phi) is 6.21. The molecule has 25 heavy (non-hydrogen) atoms. The Balaban J connectivity index is 1.72. The molecule has 1 amide bonds. The van der Waals surface area contributed by atoms with Crippen LogP contribution in [0.3, 0.4) is 0 Å². The van der Waals surface area contributed by atoms with Crippen LogP contribution in [0.4, 0.5) is 5.69 Å². The van der Waals surface area contributed by atoms with Crippen molar-refractivity contribution in [3.63, 3.8) is 0 Å². The van der Waals surface area contributed by atoms with Crippen molar-refractivity contribution in [1.29, 1.82) is 0 Å². The fourth-order valence-corrected chi connectivity index (χ4v) is 4.76. The van der Waals surface area contributed by atoms with E-state index in [4.69, 9.17) is 0 Å².